The molecule has 0 radical (unpaired) electrons. The number of hydrogen-bond acceptors (Lipinski definition) is 6. The third-order valence-electron chi connectivity index (χ3n) is 27.0. The fraction of sp³-hybridized carbons (Fsp3) is 0. The summed E-state index contributed by atoms with van der Waals surface area (Å²) in [6, 6.07) is 189. The van der Waals surface area contributed by atoms with Gasteiger partial charge in [-0.25, -0.2) is 0 Å². The summed E-state index contributed by atoms with van der Waals surface area (Å²) < 4.78 is 0. The molecule has 0 spiro atoms. The normalized spacial score (nSPS) is 11.2. The van der Waals surface area contributed by atoms with E-state index < -0.39 is 0 Å². The Kier molecular flexibility index (Phi) is 24.5. The topological polar surface area (TPSA) is 25.8 Å². The van der Waals surface area contributed by atoms with Crippen LogP contribution in [-0.4, -0.2) is 9.97 Å². The van der Waals surface area contributed by atoms with Gasteiger partial charge in [0.25, 0.3) is 0 Å². The van der Waals surface area contributed by atoms with Crippen molar-refractivity contribution >= 4 is 132 Å². The van der Waals surface area contributed by atoms with Gasteiger partial charge in [0.05, 0.1) is 10.6 Å². The van der Waals surface area contributed by atoms with Crippen molar-refractivity contribution in [2.75, 3.05) is 0 Å². The lowest BCUT2D eigenvalue weighted by atomic mass is 9.86. The molecule has 27 rings (SSSR count). The van der Waals surface area contributed by atoms with E-state index in [1.165, 1.54) is 236 Å². The van der Waals surface area contributed by atoms with Crippen LogP contribution < -0.4 is 0 Å². The highest BCUT2D eigenvalue weighted by Crippen LogP contribution is 2.56. The lowest BCUT2D eigenvalue weighted by molar-refractivity contribution is 1.33. The van der Waals surface area contributed by atoms with Crippen LogP contribution in [0.3, 0.4) is 0 Å². The lowest BCUT2D eigenvalue weighted by Crippen LogP contribution is -1.90. The maximum absolute atomic E-state index is 4.87. The molecule has 0 fully saturated rings. The predicted octanol–water partition coefficient (Wildman–Crippen LogP) is 40.0. The van der Waals surface area contributed by atoms with Crippen LogP contribution in [0.15, 0.2) is 546 Å². The quantitative estimate of drug-likeness (QED) is 0.0956. The van der Waals surface area contributed by atoms with Gasteiger partial charge in [-0.3, -0.25) is 9.97 Å². The maximum Gasteiger partial charge on any atom is 0.0886 e. The van der Waals surface area contributed by atoms with E-state index >= 15 is 0 Å². The van der Waals surface area contributed by atoms with E-state index in [0.29, 0.717) is 0 Å². The van der Waals surface area contributed by atoms with Crippen LogP contribution in [0.4, 0.5) is 0 Å². The average Bonchev–Trinajstić information content (AvgIpc) is 1.40. The zero-order valence-electron chi connectivity index (χ0n) is 77.5. The number of fused-ring (bicyclic) bond motifs is 10. The van der Waals surface area contributed by atoms with E-state index in [9.17, 15) is 0 Å². The Bertz CT molecular complexity index is 8790. The molecule has 0 aliphatic carbocycles. The molecule has 6 aromatic heterocycles. The standard InChI is InChI=1S/C40H26S.C34H22S.2C31H21NS/c1-3-15-27(16-4-1)29-19-7-12-24-34(29)39-35-25-13-14-26-36(35)40(41-39)38-33-23-11-9-21-31(33)30-20-8-10-22-32(30)37(38)28-17-5-2-6-18-28;1-2-11-23(12-3-1)26-15-6-7-17-28(26)33-29-18-8-9-19-30(29)34(35-33)31-20-10-14-25-22-21-24-13-4-5-16-27(24)32(25)31;1-3-12-22(13-4-1)24-16-7-8-17-26(24)30-27-18-9-10-19-28(27)31(33-30)29-25(20-11-21-32-29)23-14-5-2-6-15-23;1-3-11-22(12-4-1)24-15-7-8-16-26(24)30-27-17-9-10-18-28(27)31(33-30)29-21-32-20-19-25(29)23-13-5-2-6-14-23/h1-26H;1-22H;2*1-21H. The van der Waals surface area contributed by atoms with Gasteiger partial charge in [0.1, 0.15) is 0 Å². The summed E-state index contributed by atoms with van der Waals surface area (Å²) in [5.41, 5.74) is 27.2. The molecule has 0 amide bonds. The molecular weight excluding hydrogens is 1790 g/mol. The molecule has 668 valence electrons. The highest BCUT2D eigenvalue weighted by molar-refractivity contribution is 7.22. The van der Waals surface area contributed by atoms with Gasteiger partial charge in [0.2, 0.25) is 0 Å². The van der Waals surface area contributed by atoms with Crippen molar-refractivity contribution in [2.45, 2.75) is 0 Å². The predicted molar refractivity (Wildman–Crippen MR) is 614 cm³/mol. The Morgan fingerprint density at radius 1 is 0.134 bits per heavy atom. The first-order chi connectivity index (χ1) is 70.6. The minimum Gasteiger partial charge on any atom is -0.264 e. The van der Waals surface area contributed by atoms with Crippen LogP contribution in [0.25, 0.3) is 248 Å². The fourth-order valence-electron chi connectivity index (χ4n) is 20.5. The summed E-state index contributed by atoms with van der Waals surface area (Å²) in [5, 5.41) is 20.7. The van der Waals surface area contributed by atoms with E-state index in [1.807, 2.05) is 70.0 Å². The second-order valence-electron chi connectivity index (χ2n) is 35.3. The summed E-state index contributed by atoms with van der Waals surface area (Å²) in [6.07, 6.45) is 5.79. The molecule has 0 saturated carbocycles. The summed E-state index contributed by atoms with van der Waals surface area (Å²) in [6.45, 7) is 0. The van der Waals surface area contributed by atoms with Crippen molar-refractivity contribution in [3.8, 4) is 162 Å². The minimum atomic E-state index is 1.04. The number of hydrogen-bond donors (Lipinski definition) is 0. The molecule has 6 heterocycles. The number of benzene rings is 21. The minimum absolute atomic E-state index is 1.04. The van der Waals surface area contributed by atoms with Crippen molar-refractivity contribution in [1.82, 2.24) is 9.97 Å². The fourth-order valence-corrected chi connectivity index (χ4v) is 25.9. The number of aromatic nitrogens is 2. The summed E-state index contributed by atoms with van der Waals surface area (Å²) >= 11 is 7.52. The molecule has 6 heteroatoms. The van der Waals surface area contributed by atoms with Gasteiger partial charge in [0.15, 0.2) is 0 Å². The highest BCUT2D eigenvalue weighted by Gasteiger charge is 2.28. The van der Waals surface area contributed by atoms with Crippen molar-refractivity contribution < 1.29 is 0 Å². The van der Waals surface area contributed by atoms with E-state index in [0.717, 1.165) is 11.3 Å². The second kappa shape index (κ2) is 39.7. The summed E-state index contributed by atoms with van der Waals surface area (Å²) in [4.78, 5) is 19.7. The molecular formula is C136H90N2S4. The Morgan fingerprint density at radius 2 is 0.387 bits per heavy atom. The van der Waals surface area contributed by atoms with Crippen LogP contribution in [-0.2, 0) is 0 Å². The first kappa shape index (κ1) is 87.6. The van der Waals surface area contributed by atoms with Crippen LogP contribution in [0, 0.1) is 0 Å². The average molecular weight is 1880 g/mol. The van der Waals surface area contributed by atoms with E-state index in [-0.39, 0.29) is 0 Å². The number of thiophene rings is 4. The monoisotopic (exact) mass is 1880 g/mol. The number of nitrogens with zero attached hydrogens (tertiary/aromatic N) is 2. The molecule has 0 unspecified atom stereocenters. The molecule has 142 heavy (non-hydrogen) atoms. The molecule has 2 nitrogen and oxygen atoms in total. The molecule has 27 aromatic rings. The molecule has 0 atom stereocenters. The van der Waals surface area contributed by atoms with Crippen molar-refractivity contribution in [3.63, 3.8) is 0 Å². The smallest absolute Gasteiger partial charge is 0.0886 e. The second-order valence-corrected chi connectivity index (χ2v) is 39.4. The largest absolute Gasteiger partial charge is 0.264 e. The van der Waals surface area contributed by atoms with Crippen molar-refractivity contribution in [1.29, 1.82) is 0 Å². The molecule has 21 aromatic carbocycles. The summed E-state index contributed by atoms with van der Waals surface area (Å²) in [7, 11) is 0. The first-order valence-corrected chi connectivity index (χ1v) is 51.4. The summed E-state index contributed by atoms with van der Waals surface area (Å²) in [5.74, 6) is 0. The van der Waals surface area contributed by atoms with Crippen molar-refractivity contribution in [3.05, 3.63) is 546 Å². The molecule has 0 N–H and O–H groups in total. The van der Waals surface area contributed by atoms with Crippen LogP contribution in [0.5, 0.6) is 0 Å². The van der Waals surface area contributed by atoms with Gasteiger partial charge in [-0.1, -0.05) is 516 Å². The van der Waals surface area contributed by atoms with Gasteiger partial charge in [0, 0.05) is 140 Å². The maximum atomic E-state index is 4.87. The molecule has 0 aliphatic heterocycles. The van der Waals surface area contributed by atoms with E-state index in [1.54, 1.807) is 0 Å². The number of rotatable bonds is 15. The van der Waals surface area contributed by atoms with Crippen LogP contribution in [0.1, 0.15) is 0 Å². The Labute approximate surface area is 842 Å². The SMILES string of the molecule is c1ccc(-c2ccccc2-c2sc(-c3c(-c4ccccc4)c4ccccc4c4ccccc34)c3ccccc23)cc1.c1ccc(-c2ccccc2-c2sc(-c3cccc4ccc5ccccc5c34)c3ccccc23)cc1.c1ccc(-c2ccccc2-c2sc(-c3cnccc3-c3ccccc3)c3ccccc23)cc1.c1ccc(-c2ccccc2-c2sc(-c3ncccc3-c3ccccc3)c3ccccc23)cc1. The number of pyridine rings is 2. The molecule has 0 saturated heterocycles. The van der Waals surface area contributed by atoms with Gasteiger partial charge in [-0.05, 0) is 128 Å². The third-order valence-corrected chi connectivity index (χ3v) is 32.1. The molecule has 0 bridgehead atoms. The van der Waals surface area contributed by atoms with Gasteiger partial charge in [-0.15, -0.1) is 45.3 Å². The first-order valence-electron chi connectivity index (χ1n) is 48.1. The van der Waals surface area contributed by atoms with Crippen molar-refractivity contribution in [2.24, 2.45) is 0 Å². The molecule has 0 aliphatic rings. The highest BCUT2D eigenvalue weighted by atomic mass is 32.1. The van der Waals surface area contributed by atoms with Crippen LogP contribution >= 0.6 is 45.3 Å². The van der Waals surface area contributed by atoms with Crippen LogP contribution in [0.2, 0.25) is 0 Å². The Balaban J connectivity index is 0.000000103. The Morgan fingerprint density at radius 3 is 0.789 bits per heavy atom. The zero-order valence-corrected chi connectivity index (χ0v) is 80.8. The van der Waals surface area contributed by atoms with E-state index in [2.05, 4.69) is 527 Å². The third kappa shape index (κ3) is 16.9. The van der Waals surface area contributed by atoms with Gasteiger partial charge >= 0.3 is 0 Å². The lowest BCUT2D eigenvalue weighted by Gasteiger charge is -2.18. The zero-order chi connectivity index (χ0) is 94.4. The van der Waals surface area contributed by atoms with Gasteiger partial charge < -0.3 is 0 Å². The van der Waals surface area contributed by atoms with Gasteiger partial charge in [-0.2, -0.15) is 0 Å². The Hall–Kier alpha value is -17.2. The van der Waals surface area contributed by atoms with E-state index in [4.69, 9.17) is 4.98 Å².